The molecule has 0 saturated heterocycles. The van der Waals surface area contributed by atoms with Gasteiger partial charge in [0.2, 0.25) is 0 Å². The van der Waals surface area contributed by atoms with Crippen molar-refractivity contribution in [3.05, 3.63) is 15.6 Å². The minimum Gasteiger partial charge on any atom is -0.308 e. The Morgan fingerprint density at radius 2 is 1.94 bits per heavy atom. The standard InChI is InChI=1S/C15H26N2S/c1-4-5-13-6-8-14(9-7-13)16-10-15-17-11(2)12(3)18-15/h13-14,16H,4-10H2,1-3H3. The molecule has 102 valence electrons. The van der Waals surface area contributed by atoms with Crippen molar-refractivity contribution in [1.29, 1.82) is 0 Å². The molecular formula is C15H26N2S. The minimum absolute atomic E-state index is 0.725. The van der Waals surface area contributed by atoms with Crippen LogP contribution in [0.3, 0.4) is 0 Å². The monoisotopic (exact) mass is 266 g/mol. The Balaban J connectivity index is 1.72. The van der Waals surface area contributed by atoms with Gasteiger partial charge in [0, 0.05) is 17.5 Å². The third kappa shape index (κ3) is 3.79. The van der Waals surface area contributed by atoms with E-state index in [-0.39, 0.29) is 0 Å². The number of hydrogen-bond acceptors (Lipinski definition) is 3. The van der Waals surface area contributed by atoms with E-state index in [4.69, 9.17) is 0 Å². The Labute approximate surface area is 115 Å². The lowest BCUT2D eigenvalue weighted by molar-refractivity contribution is 0.277. The smallest absolute Gasteiger partial charge is 0.107 e. The lowest BCUT2D eigenvalue weighted by Crippen LogP contribution is -2.32. The maximum absolute atomic E-state index is 4.60. The van der Waals surface area contributed by atoms with E-state index in [9.17, 15) is 0 Å². The van der Waals surface area contributed by atoms with Crippen LogP contribution in [-0.2, 0) is 6.54 Å². The Bertz CT molecular complexity index is 345. The molecule has 1 aliphatic rings. The molecule has 1 saturated carbocycles. The van der Waals surface area contributed by atoms with Gasteiger partial charge in [0.15, 0.2) is 0 Å². The number of rotatable bonds is 5. The minimum atomic E-state index is 0.725. The van der Waals surface area contributed by atoms with Crippen LogP contribution in [0.1, 0.15) is 61.0 Å². The van der Waals surface area contributed by atoms with Crippen LogP contribution in [0.25, 0.3) is 0 Å². The lowest BCUT2D eigenvalue weighted by Gasteiger charge is -2.28. The van der Waals surface area contributed by atoms with Crippen molar-refractivity contribution >= 4 is 11.3 Å². The number of aromatic nitrogens is 1. The van der Waals surface area contributed by atoms with Gasteiger partial charge in [0.05, 0.1) is 5.69 Å². The fourth-order valence-corrected chi connectivity index (χ4v) is 3.79. The normalized spacial score (nSPS) is 24.4. The second-order valence-electron chi connectivity index (χ2n) is 5.64. The van der Waals surface area contributed by atoms with Gasteiger partial charge >= 0.3 is 0 Å². The van der Waals surface area contributed by atoms with Gasteiger partial charge in [-0.15, -0.1) is 11.3 Å². The third-order valence-electron chi connectivity index (χ3n) is 4.16. The molecule has 0 aliphatic heterocycles. The van der Waals surface area contributed by atoms with Gasteiger partial charge in [0.25, 0.3) is 0 Å². The number of hydrogen-bond donors (Lipinski definition) is 1. The molecule has 2 nitrogen and oxygen atoms in total. The number of nitrogens with one attached hydrogen (secondary N) is 1. The van der Waals surface area contributed by atoms with Crippen LogP contribution >= 0.6 is 11.3 Å². The first-order chi connectivity index (χ1) is 8.69. The van der Waals surface area contributed by atoms with Crippen molar-refractivity contribution in [1.82, 2.24) is 10.3 Å². The van der Waals surface area contributed by atoms with Crippen LogP contribution in [0.4, 0.5) is 0 Å². The molecule has 1 aromatic heterocycles. The van der Waals surface area contributed by atoms with E-state index < -0.39 is 0 Å². The fraction of sp³-hybridized carbons (Fsp3) is 0.800. The molecule has 0 spiro atoms. The van der Waals surface area contributed by atoms with Crippen LogP contribution in [0, 0.1) is 19.8 Å². The quantitative estimate of drug-likeness (QED) is 0.863. The van der Waals surface area contributed by atoms with E-state index in [2.05, 4.69) is 31.1 Å². The van der Waals surface area contributed by atoms with Crippen LogP contribution in [0.15, 0.2) is 0 Å². The summed E-state index contributed by atoms with van der Waals surface area (Å²) in [6.45, 7) is 7.53. The third-order valence-corrected chi connectivity index (χ3v) is 5.23. The highest BCUT2D eigenvalue weighted by Crippen LogP contribution is 2.28. The van der Waals surface area contributed by atoms with E-state index >= 15 is 0 Å². The summed E-state index contributed by atoms with van der Waals surface area (Å²) in [6, 6.07) is 0.725. The second kappa shape index (κ2) is 6.67. The van der Waals surface area contributed by atoms with Crippen LogP contribution in [-0.4, -0.2) is 11.0 Å². The summed E-state index contributed by atoms with van der Waals surface area (Å²) in [5.41, 5.74) is 1.20. The van der Waals surface area contributed by atoms with Crippen LogP contribution < -0.4 is 5.32 Å². The molecular weight excluding hydrogens is 240 g/mol. The van der Waals surface area contributed by atoms with Gasteiger partial charge in [-0.25, -0.2) is 4.98 Å². The second-order valence-corrected chi connectivity index (χ2v) is 6.92. The van der Waals surface area contributed by atoms with Crippen LogP contribution in [0.5, 0.6) is 0 Å². The Kier molecular flexibility index (Phi) is 5.19. The van der Waals surface area contributed by atoms with Gasteiger partial charge in [-0.2, -0.15) is 0 Å². The zero-order valence-corrected chi connectivity index (χ0v) is 12.8. The van der Waals surface area contributed by atoms with Crippen molar-refractivity contribution in [2.24, 2.45) is 5.92 Å². The van der Waals surface area contributed by atoms with Crippen molar-refractivity contribution in [3.8, 4) is 0 Å². The predicted molar refractivity (Wildman–Crippen MR) is 79.1 cm³/mol. The summed E-state index contributed by atoms with van der Waals surface area (Å²) in [6.07, 6.45) is 8.32. The summed E-state index contributed by atoms with van der Waals surface area (Å²) in [5, 5.41) is 4.94. The number of thiazole rings is 1. The Morgan fingerprint density at radius 3 is 2.50 bits per heavy atom. The maximum atomic E-state index is 4.60. The van der Waals surface area contributed by atoms with Gasteiger partial charge < -0.3 is 5.32 Å². The zero-order valence-electron chi connectivity index (χ0n) is 12.0. The highest BCUT2D eigenvalue weighted by Gasteiger charge is 2.20. The molecule has 1 N–H and O–H groups in total. The topological polar surface area (TPSA) is 24.9 Å². The average Bonchev–Trinajstić information content (AvgIpc) is 2.68. The molecule has 0 amide bonds. The summed E-state index contributed by atoms with van der Waals surface area (Å²) in [7, 11) is 0. The van der Waals surface area contributed by atoms with Crippen molar-refractivity contribution in [2.45, 2.75) is 71.9 Å². The van der Waals surface area contributed by atoms with Crippen molar-refractivity contribution < 1.29 is 0 Å². The molecule has 2 rings (SSSR count). The van der Waals surface area contributed by atoms with E-state index in [1.54, 1.807) is 0 Å². The highest BCUT2D eigenvalue weighted by atomic mass is 32.1. The molecule has 18 heavy (non-hydrogen) atoms. The molecule has 0 atom stereocenters. The summed E-state index contributed by atoms with van der Waals surface area (Å²) < 4.78 is 0. The molecule has 3 heteroatoms. The largest absolute Gasteiger partial charge is 0.308 e. The van der Waals surface area contributed by atoms with Gasteiger partial charge in [0.1, 0.15) is 5.01 Å². The molecule has 1 fully saturated rings. The number of nitrogens with zero attached hydrogens (tertiary/aromatic N) is 1. The summed E-state index contributed by atoms with van der Waals surface area (Å²) in [5.74, 6) is 0.998. The SMILES string of the molecule is CCCC1CCC(NCc2nc(C)c(C)s2)CC1. The van der Waals surface area contributed by atoms with Gasteiger partial charge in [-0.3, -0.25) is 0 Å². The highest BCUT2D eigenvalue weighted by molar-refractivity contribution is 7.11. The Morgan fingerprint density at radius 1 is 1.22 bits per heavy atom. The maximum Gasteiger partial charge on any atom is 0.107 e. The van der Waals surface area contributed by atoms with Crippen molar-refractivity contribution in [2.75, 3.05) is 0 Å². The lowest BCUT2D eigenvalue weighted by atomic mass is 9.83. The molecule has 1 heterocycles. The Hall–Kier alpha value is -0.410. The molecule has 0 unspecified atom stereocenters. The first-order valence-corrected chi connectivity index (χ1v) is 8.17. The van der Waals surface area contributed by atoms with Gasteiger partial charge in [-0.1, -0.05) is 19.8 Å². The van der Waals surface area contributed by atoms with E-state index in [0.29, 0.717) is 0 Å². The predicted octanol–water partition coefficient (Wildman–Crippen LogP) is 4.21. The zero-order chi connectivity index (χ0) is 13.0. The fourth-order valence-electron chi connectivity index (χ4n) is 2.91. The molecule has 1 aromatic rings. The number of aryl methyl sites for hydroxylation is 2. The molecule has 1 aliphatic carbocycles. The first-order valence-electron chi connectivity index (χ1n) is 7.35. The average molecular weight is 266 g/mol. The summed E-state index contributed by atoms with van der Waals surface area (Å²) in [4.78, 5) is 5.95. The van der Waals surface area contributed by atoms with Crippen LogP contribution in [0.2, 0.25) is 0 Å². The molecule has 0 radical (unpaired) electrons. The van der Waals surface area contributed by atoms with E-state index in [1.807, 2.05) is 11.3 Å². The van der Waals surface area contributed by atoms with Crippen molar-refractivity contribution in [3.63, 3.8) is 0 Å². The van der Waals surface area contributed by atoms with Gasteiger partial charge in [-0.05, 0) is 45.4 Å². The summed E-state index contributed by atoms with van der Waals surface area (Å²) >= 11 is 1.84. The molecule has 0 bridgehead atoms. The van der Waals surface area contributed by atoms with E-state index in [0.717, 1.165) is 18.5 Å². The first kappa shape index (κ1) is 14.0. The van der Waals surface area contributed by atoms with E-state index in [1.165, 1.54) is 54.1 Å². The molecule has 0 aromatic carbocycles.